The van der Waals surface area contributed by atoms with Crippen molar-refractivity contribution in [1.29, 1.82) is 5.26 Å². The molecule has 0 saturated heterocycles. The Labute approximate surface area is 212 Å². The third-order valence-corrected chi connectivity index (χ3v) is 7.22. The first-order chi connectivity index (χ1) is 17.1. The largest absolute Gasteiger partial charge is 0.493 e. The second-order valence-corrected chi connectivity index (χ2v) is 10.7. The Kier molecular flexibility index (Phi) is 8.73. The van der Waals surface area contributed by atoms with Crippen molar-refractivity contribution in [3.63, 3.8) is 0 Å². The number of hydrogen-bond donors (Lipinski definition) is 1. The lowest BCUT2D eigenvalue weighted by Crippen LogP contribution is -2.15. The molecule has 0 atom stereocenters. The van der Waals surface area contributed by atoms with Crippen LogP contribution in [-0.2, 0) is 21.2 Å². The van der Waals surface area contributed by atoms with Crippen molar-refractivity contribution >= 4 is 38.5 Å². The summed E-state index contributed by atoms with van der Waals surface area (Å²) in [5.74, 6) is -0.545. The van der Waals surface area contributed by atoms with Gasteiger partial charge >= 0.3 is 0 Å². The maximum absolute atomic E-state index is 13.1. The summed E-state index contributed by atoms with van der Waals surface area (Å²) >= 11 is 0.712. The molecule has 0 fully saturated rings. The van der Waals surface area contributed by atoms with Gasteiger partial charge in [-0.15, -0.1) is 0 Å². The molecule has 1 N–H and O–H groups in total. The number of amides is 1. The Morgan fingerprint density at radius 3 is 2.58 bits per heavy atom. The molecule has 0 saturated carbocycles. The summed E-state index contributed by atoms with van der Waals surface area (Å²) in [6.07, 6.45) is 1.35. The molecule has 0 aliphatic carbocycles. The van der Waals surface area contributed by atoms with Crippen molar-refractivity contribution in [3.8, 4) is 17.6 Å². The van der Waals surface area contributed by atoms with Gasteiger partial charge in [-0.3, -0.25) is 10.1 Å². The van der Waals surface area contributed by atoms with Gasteiger partial charge in [-0.2, -0.15) is 14.6 Å². The highest BCUT2D eigenvalue weighted by atomic mass is 32.2. The average molecular weight is 531 g/mol. The molecule has 1 aromatic heterocycles. The van der Waals surface area contributed by atoms with Crippen molar-refractivity contribution in [1.82, 2.24) is 9.36 Å². The van der Waals surface area contributed by atoms with E-state index >= 15 is 0 Å². The van der Waals surface area contributed by atoms with Crippen LogP contribution in [0.15, 0.2) is 53.2 Å². The second kappa shape index (κ2) is 11.7. The van der Waals surface area contributed by atoms with Gasteiger partial charge in [0, 0.05) is 11.5 Å². The molecule has 2 aromatic carbocycles. The van der Waals surface area contributed by atoms with Crippen molar-refractivity contribution < 1.29 is 27.1 Å². The fraction of sp³-hybridized carbons (Fsp3) is 0.250. The SMILES string of the molecule is COc1cc(/C=C(/C#N)C(=O)Nc2nc(S(=O)(=O)CC(C)C)ns2)ccc1OCc1ccc(F)cc1. The number of ether oxygens (including phenoxy) is 2. The first kappa shape index (κ1) is 26.8. The molecule has 0 aliphatic rings. The van der Waals surface area contributed by atoms with Crippen LogP contribution in [0.25, 0.3) is 6.08 Å². The Balaban J connectivity index is 1.72. The van der Waals surface area contributed by atoms with Crippen LogP contribution in [0.4, 0.5) is 9.52 Å². The zero-order chi connectivity index (χ0) is 26.3. The molecule has 0 bridgehead atoms. The first-order valence-corrected chi connectivity index (χ1v) is 13.1. The number of aromatic nitrogens is 2. The van der Waals surface area contributed by atoms with Gasteiger partial charge in [0.05, 0.1) is 12.9 Å². The molecule has 188 valence electrons. The zero-order valence-corrected chi connectivity index (χ0v) is 21.3. The lowest BCUT2D eigenvalue weighted by atomic mass is 10.1. The number of nitrogens with one attached hydrogen (secondary N) is 1. The van der Waals surface area contributed by atoms with E-state index in [4.69, 9.17) is 9.47 Å². The van der Waals surface area contributed by atoms with Gasteiger partial charge in [-0.1, -0.05) is 32.0 Å². The van der Waals surface area contributed by atoms with Gasteiger partial charge in [-0.05, 0) is 47.4 Å². The summed E-state index contributed by atoms with van der Waals surface area (Å²) in [5.41, 5.74) is 1.02. The lowest BCUT2D eigenvalue weighted by Gasteiger charge is -2.11. The maximum Gasteiger partial charge on any atom is 0.268 e. The third kappa shape index (κ3) is 7.10. The van der Waals surface area contributed by atoms with Crippen LogP contribution in [0.2, 0.25) is 0 Å². The van der Waals surface area contributed by atoms with E-state index in [1.54, 1.807) is 44.2 Å². The fourth-order valence-electron chi connectivity index (χ4n) is 3.02. The molecule has 3 aromatic rings. The molecule has 36 heavy (non-hydrogen) atoms. The van der Waals surface area contributed by atoms with E-state index in [2.05, 4.69) is 14.7 Å². The van der Waals surface area contributed by atoms with Gasteiger partial charge < -0.3 is 9.47 Å². The molecule has 3 rings (SSSR count). The van der Waals surface area contributed by atoms with E-state index in [-0.39, 0.29) is 40.0 Å². The summed E-state index contributed by atoms with van der Waals surface area (Å²) < 4.78 is 52.5. The van der Waals surface area contributed by atoms with Crippen LogP contribution in [0.1, 0.15) is 25.0 Å². The zero-order valence-electron chi connectivity index (χ0n) is 19.7. The summed E-state index contributed by atoms with van der Waals surface area (Å²) in [4.78, 5) is 16.5. The quantitative estimate of drug-likeness (QED) is 0.304. The lowest BCUT2D eigenvalue weighted by molar-refractivity contribution is -0.112. The highest BCUT2D eigenvalue weighted by Crippen LogP contribution is 2.30. The van der Waals surface area contributed by atoms with Crippen molar-refractivity contribution in [2.75, 3.05) is 18.2 Å². The minimum absolute atomic E-state index is 0.0365. The molecular formula is C24H23FN4O5S2. The number of nitrogens with zero attached hydrogens (tertiary/aromatic N) is 3. The molecule has 1 heterocycles. The number of carbonyl (C=O) groups is 1. The maximum atomic E-state index is 13.1. The first-order valence-electron chi connectivity index (χ1n) is 10.7. The fourth-order valence-corrected chi connectivity index (χ4v) is 5.37. The van der Waals surface area contributed by atoms with Crippen molar-refractivity contribution in [2.45, 2.75) is 25.6 Å². The standard InChI is InChI=1S/C24H23FN4O5S2/c1-15(2)14-36(31,32)24-28-23(35-29-24)27-22(30)18(12-26)10-17-6-9-20(21(11-17)33-3)34-13-16-4-7-19(25)8-5-16/h4-11,15H,13-14H2,1-3H3,(H,27,28,29,30)/b18-10-. The number of methoxy groups -OCH3 is 1. The summed E-state index contributed by atoms with van der Waals surface area (Å²) in [6.45, 7) is 3.71. The van der Waals surface area contributed by atoms with Gasteiger partial charge in [0.15, 0.2) is 11.5 Å². The van der Waals surface area contributed by atoms with E-state index in [1.807, 2.05) is 6.07 Å². The molecular weight excluding hydrogens is 507 g/mol. The minimum atomic E-state index is -3.67. The van der Waals surface area contributed by atoms with Crippen LogP contribution in [0.5, 0.6) is 11.5 Å². The van der Waals surface area contributed by atoms with Crippen LogP contribution in [0.3, 0.4) is 0 Å². The Bertz CT molecular complexity index is 1410. The van der Waals surface area contributed by atoms with Gasteiger partial charge in [-0.25, -0.2) is 12.8 Å². The Morgan fingerprint density at radius 1 is 1.22 bits per heavy atom. The van der Waals surface area contributed by atoms with E-state index in [0.29, 0.717) is 28.6 Å². The normalized spacial score (nSPS) is 11.7. The highest BCUT2D eigenvalue weighted by molar-refractivity contribution is 7.91. The van der Waals surface area contributed by atoms with Crippen molar-refractivity contribution in [2.24, 2.45) is 5.92 Å². The van der Waals surface area contributed by atoms with E-state index < -0.39 is 15.7 Å². The predicted molar refractivity (Wildman–Crippen MR) is 133 cm³/mol. The highest BCUT2D eigenvalue weighted by Gasteiger charge is 2.23. The smallest absolute Gasteiger partial charge is 0.268 e. The van der Waals surface area contributed by atoms with Gasteiger partial charge in [0.1, 0.15) is 24.1 Å². The number of anilines is 1. The van der Waals surface area contributed by atoms with Crippen LogP contribution in [0, 0.1) is 23.1 Å². The second-order valence-electron chi connectivity index (χ2n) is 8.01. The topological polar surface area (TPSA) is 131 Å². The third-order valence-electron chi connectivity index (χ3n) is 4.63. The molecule has 0 radical (unpaired) electrons. The number of halogens is 1. The van der Waals surface area contributed by atoms with Crippen LogP contribution in [-0.4, -0.2) is 36.5 Å². The summed E-state index contributed by atoms with van der Waals surface area (Å²) in [6, 6.07) is 12.6. The molecule has 0 spiro atoms. The Morgan fingerprint density at radius 2 is 1.94 bits per heavy atom. The number of nitriles is 1. The Hall–Kier alpha value is -3.82. The number of sulfone groups is 1. The average Bonchev–Trinajstić information content (AvgIpc) is 3.31. The predicted octanol–water partition coefficient (Wildman–Crippen LogP) is 4.24. The van der Waals surface area contributed by atoms with Crippen LogP contribution < -0.4 is 14.8 Å². The molecule has 1 amide bonds. The number of rotatable bonds is 10. The summed E-state index contributed by atoms with van der Waals surface area (Å²) in [5, 5.41) is 11.5. The van der Waals surface area contributed by atoms with E-state index in [1.165, 1.54) is 25.3 Å². The molecule has 0 unspecified atom stereocenters. The van der Waals surface area contributed by atoms with E-state index in [9.17, 15) is 22.9 Å². The molecule has 0 aliphatic heterocycles. The van der Waals surface area contributed by atoms with Crippen LogP contribution >= 0.6 is 11.5 Å². The number of hydrogen-bond acceptors (Lipinski definition) is 9. The van der Waals surface area contributed by atoms with Crippen molar-refractivity contribution in [3.05, 3.63) is 65.0 Å². The number of benzene rings is 2. The summed E-state index contributed by atoms with van der Waals surface area (Å²) in [7, 11) is -2.22. The van der Waals surface area contributed by atoms with Gasteiger partial charge in [0.2, 0.25) is 15.0 Å². The minimum Gasteiger partial charge on any atom is -0.493 e. The molecule has 9 nitrogen and oxygen atoms in total. The molecule has 12 heteroatoms. The van der Waals surface area contributed by atoms with Gasteiger partial charge in [0.25, 0.3) is 11.1 Å². The monoisotopic (exact) mass is 530 g/mol. The van der Waals surface area contributed by atoms with E-state index in [0.717, 1.165) is 5.56 Å². The number of carbonyl (C=O) groups excluding carboxylic acids is 1.